The van der Waals surface area contributed by atoms with Crippen molar-refractivity contribution in [1.82, 2.24) is 0 Å². The van der Waals surface area contributed by atoms with Crippen LogP contribution in [0.4, 0.5) is 5.69 Å². The molecule has 5 nitrogen and oxygen atoms in total. The van der Waals surface area contributed by atoms with Crippen molar-refractivity contribution in [3.05, 3.63) is 29.8 Å². The standard InChI is InChI=1S/C15H21NO4/c1-18-6-7-19-8-9-20-15(17)13-10-12-4-2-3-5-14(12)16-11-13/h2-5,13,16H,6-11H2,1H3. The molecule has 0 saturated heterocycles. The Labute approximate surface area is 119 Å². The molecule has 0 amide bonds. The van der Waals surface area contributed by atoms with Crippen LogP contribution in [0.2, 0.25) is 0 Å². The van der Waals surface area contributed by atoms with Gasteiger partial charge in [0.25, 0.3) is 0 Å². The largest absolute Gasteiger partial charge is 0.463 e. The zero-order chi connectivity index (χ0) is 14.2. The number of benzene rings is 1. The molecule has 0 bridgehead atoms. The first-order chi connectivity index (χ1) is 9.81. The fourth-order valence-electron chi connectivity index (χ4n) is 2.17. The number of fused-ring (bicyclic) bond motifs is 1. The van der Waals surface area contributed by atoms with Crippen LogP contribution in [0, 0.1) is 5.92 Å². The lowest BCUT2D eigenvalue weighted by Crippen LogP contribution is -2.31. The minimum absolute atomic E-state index is 0.121. The van der Waals surface area contributed by atoms with E-state index in [1.807, 2.05) is 24.3 Å². The van der Waals surface area contributed by atoms with Gasteiger partial charge in [-0.3, -0.25) is 4.79 Å². The molecule has 0 spiro atoms. The fraction of sp³-hybridized carbons (Fsp3) is 0.533. The van der Waals surface area contributed by atoms with Crippen molar-refractivity contribution in [2.45, 2.75) is 6.42 Å². The van der Waals surface area contributed by atoms with E-state index in [9.17, 15) is 4.79 Å². The summed E-state index contributed by atoms with van der Waals surface area (Å²) in [5.41, 5.74) is 2.27. The van der Waals surface area contributed by atoms with Crippen molar-refractivity contribution >= 4 is 11.7 Å². The molecular weight excluding hydrogens is 258 g/mol. The van der Waals surface area contributed by atoms with Gasteiger partial charge in [-0.25, -0.2) is 0 Å². The molecule has 0 fully saturated rings. The van der Waals surface area contributed by atoms with Gasteiger partial charge in [-0.15, -0.1) is 0 Å². The first kappa shape index (κ1) is 14.8. The first-order valence-corrected chi connectivity index (χ1v) is 6.86. The number of para-hydroxylation sites is 1. The van der Waals surface area contributed by atoms with Gasteiger partial charge < -0.3 is 19.5 Å². The normalized spacial score (nSPS) is 17.1. The van der Waals surface area contributed by atoms with Gasteiger partial charge in [0.05, 0.1) is 25.7 Å². The van der Waals surface area contributed by atoms with Crippen molar-refractivity contribution in [1.29, 1.82) is 0 Å². The molecule has 20 heavy (non-hydrogen) atoms. The van der Waals surface area contributed by atoms with Crippen molar-refractivity contribution in [2.24, 2.45) is 5.92 Å². The number of methoxy groups -OCH3 is 1. The summed E-state index contributed by atoms with van der Waals surface area (Å²) in [6, 6.07) is 8.04. The topological polar surface area (TPSA) is 56.8 Å². The number of hydrogen-bond donors (Lipinski definition) is 1. The van der Waals surface area contributed by atoms with E-state index in [1.54, 1.807) is 7.11 Å². The quantitative estimate of drug-likeness (QED) is 0.605. The molecule has 5 heteroatoms. The Hall–Kier alpha value is -1.59. The van der Waals surface area contributed by atoms with Crippen LogP contribution in [-0.2, 0) is 25.4 Å². The molecule has 2 rings (SSSR count). The molecule has 0 saturated carbocycles. The Kier molecular flexibility index (Phi) is 5.83. The second-order valence-corrected chi connectivity index (χ2v) is 4.71. The van der Waals surface area contributed by atoms with Crippen LogP contribution < -0.4 is 5.32 Å². The van der Waals surface area contributed by atoms with Gasteiger partial charge in [0.15, 0.2) is 0 Å². The summed E-state index contributed by atoms with van der Waals surface area (Å²) in [5, 5.41) is 3.26. The molecule has 1 atom stereocenters. The molecule has 1 heterocycles. The highest BCUT2D eigenvalue weighted by Gasteiger charge is 2.25. The molecule has 1 aromatic rings. The van der Waals surface area contributed by atoms with E-state index in [2.05, 4.69) is 5.32 Å². The minimum Gasteiger partial charge on any atom is -0.463 e. The Morgan fingerprint density at radius 3 is 2.90 bits per heavy atom. The molecule has 1 unspecified atom stereocenters. The number of nitrogens with one attached hydrogen (secondary N) is 1. The number of ether oxygens (including phenoxy) is 3. The Bertz CT molecular complexity index is 436. The maximum Gasteiger partial charge on any atom is 0.311 e. The van der Waals surface area contributed by atoms with Crippen LogP contribution in [0.3, 0.4) is 0 Å². The Balaban J connectivity index is 1.69. The fourth-order valence-corrected chi connectivity index (χ4v) is 2.17. The van der Waals surface area contributed by atoms with Gasteiger partial charge in [0.2, 0.25) is 0 Å². The summed E-state index contributed by atoms with van der Waals surface area (Å²) >= 11 is 0. The summed E-state index contributed by atoms with van der Waals surface area (Å²) in [6.45, 7) is 2.40. The average Bonchev–Trinajstić information content (AvgIpc) is 2.50. The smallest absolute Gasteiger partial charge is 0.311 e. The summed E-state index contributed by atoms with van der Waals surface area (Å²) in [4.78, 5) is 12.0. The number of esters is 1. The molecule has 110 valence electrons. The van der Waals surface area contributed by atoms with Crippen molar-refractivity contribution in [2.75, 3.05) is 45.4 Å². The van der Waals surface area contributed by atoms with Crippen molar-refractivity contribution in [3.8, 4) is 0 Å². The number of carbonyl (C=O) groups excluding carboxylic acids is 1. The van der Waals surface area contributed by atoms with E-state index in [1.165, 1.54) is 0 Å². The van der Waals surface area contributed by atoms with Gasteiger partial charge in [0.1, 0.15) is 6.61 Å². The molecule has 0 radical (unpaired) electrons. The SMILES string of the molecule is COCCOCCOC(=O)C1CNc2ccccc2C1. The maximum absolute atomic E-state index is 12.0. The Morgan fingerprint density at radius 2 is 2.05 bits per heavy atom. The molecule has 1 aromatic carbocycles. The lowest BCUT2D eigenvalue weighted by molar-refractivity contribution is -0.149. The van der Waals surface area contributed by atoms with E-state index >= 15 is 0 Å². The molecular formula is C15H21NO4. The molecule has 1 N–H and O–H groups in total. The van der Waals surface area contributed by atoms with Gasteiger partial charge in [-0.1, -0.05) is 18.2 Å². The second kappa shape index (κ2) is 7.87. The zero-order valence-corrected chi connectivity index (χ0v) is 11.8. The molecule has 1 aliphatic rings. The first-order valence-electron chi connectivity index (χ1n) is 6.86. The van der Waals surface area contributed by atoms with Crippen LogP contribution >= 0.6 is 0 Å². The van der Waals surface area contributed by atoms with Crippen LogP contribution in [0.25, 0.3) is 0 Å². The minimum atomic E-state index is -0.164. The number of hydrogen-bond acceptors (Lipinski definition) is 5. The van der Waals surface area contributed by atoms with E-state index < -0.39 is 0 Å². The monoisotopic (exact) mass is 279 g/mol. The summed E-state index contributed by atoms with van der Waals surface area (Å²) in [6.07, 6.45) is 0.729. The van der Waals surface area contributed by atoms with E-state index in [-0.39, 0.29) is 11.9 Å². The van der Waals surface area contributed by atoms with Crippen LogP contribution in [-0.4, -0.2) is 46.1 Å². The maximum atomic E-state index is 12.0. The third-order valence-corrected chi connectivity index (χ3v) is 3.26. The van der Waals surface area contributed by atoms with Gasteiger partial charge in [-0.05, 0) is 18.1 Å². The molecule has 1 aliphatic heterocycles. The zero-order valence-electron chi connectivity index (χ0n) is 11.8. The molecule has 0 aromatic heterocycles. The van der Waals surface area contributed by atoms with Crippen LogP contribution in [0.15, 0.2) is 24.3 Å². The second-order valence-electron chi connectivity index (χ2n) is 4.71. The predicted octanol–water partition coefficient (Wildman–Crippen LogP) is 1.48. The van der Waals surface area contributed by atoms with Crippen LogP contribution in [0.5, 0.6) is 0 Å². The highest BCUT2D eigenvalue weighted by molar-refractivity contribution is 5.75. The number of rotatable bonds is 7. The van der Waals surface area contributed by atoms with Crippen molar-refractivity contribution < 1.29 is 19.0 Å². The number of anilines is 1. The van der Waals surface area contributed by atoms with Gasteiger partial charge in [-0.2, -0.15) is 0 Å². The van der Waals surface area contributed by atoms with Crippen molar-refractivity contribution in [3.63, 3.8) is 0 Å². The molecule has 0 aliphatic carbocycles. The third kappa shape index (κ3) is 4.21. The summed E-state index contributed by atoms with van der Waals surface area (Å²) in [5.74, 6) is -0.286. The summed E-state index contributed by atoms with van der Waals surface area (Å²) in [7, 11) is 1.62. The van der Waals surface area contributed by atoms with E-state index in [0.717, 1.165) is 17.7 Å². The highest BCUT2D eigenvalue weighted by atomic mass is 16.6. The van der Waals surface area contributed by atoms with Crippen LogP contribution in [0.1, 0.15) is 5.56 Å². The van der Waals surface area contributed by atoms with Gasteiger partial charge in [0, 0.05) is 19.3 Å². The van der Waals surface area contributed by atoms with E-state index in [4.69, 9.17) is 14.2 Å². The lowest BCUT2D eigenvalue weighted by Gasteiger charge is -2.24. The highest BCUT2D eigenvalue weighted by Crippen LogP contribution is 2.24. The average molecular weight is 279 g/mol. The van der Waals surface area contributed by atoms with Gasteiger partial charge >= 0.3 is 5.97 Å². The third-order valence-electron chi connectivity index (χ3n) is 3.26. The Morgan fingerprint density at radius 1 is 1.25 bits per heavy atom. The van der Waals surface area contributed by atoms with E-state index in [0.29, 0.717) is 33.0 Å². The summed E-state index contributed by atoms with van der Waals surface area (Å²) < 4.78 is 15.3. The predicted molar refractivity (Wildman–Crippen MR) is 75.8 cm³/mol. The lowest BCUT2D eigenvalue weighted by atomic mass is 9.94. The number of carbonyl (C=O) groups is 1.